The first-order valence-electron chi connectivity index (χ1n) is 9.98. The molecule has 0 spiro atoms. The predicted molar refractivity (Wildman–Crippen MR) is 111 cm³/mol. The van der Waals surface area contributed by atoms with E-state index in [9.17, 15) is 9.59 Å². The van der Waals surface area contributed by atoms with Crippen molar-refractivity contribution >= 4 is 12.0 Å². The number of hydrogen-bond acceptors (Lipinski definition) is 4. The van der Waals surface area contributed by atoms with Crippen LogP contribution < -0.4 is 10.6 Å². The van der Waals surface area contributed by atoms with Crippen LogP contribution in [0.4, 0.5) is 4.79 Å². The van der Waals surface area contributed by atoms with Gasteiger partial charge in [0, 0.05) is 12.7 Å². The molecule has 0 bridgehead atoms. The maximum absolute atomic E-state index is 13.0. The Morgan fingerprint density at radius 1 is 1.17 bits per heavy atom. The highest BCUT2D eigenvalue weighted by atomic mass is 16.6. The SMILES string of the molecule is Cc1nn(-c2ccccc2)cc1C(=O)NC(C)(CNC(=O)OC(C)(C)C)C1CC1. The number of rotatable bonds is 6. The van der Waals surface area contributed by atoms with Gasteiger partial charge >= 0.3 is 6.09 Å². The molecule has 1 aliphatic carbocycles. The molecule has 1 saturated carbocycles. The first-order chi connectivity index (χ1) is 13.6. The van der Waals surface area contributed by atoms with Crippen LogP contribution in [-0.2, 0) is 4.74 Å². The van der Waals surface area contributed by atoms with Gasteiger partial charge in [-0.25, -0.2) is 9.48 Å². The number of nitrogens with one attached hydrogen (secondary N) is 2. The molecular formula is C22H30N4O3. The second-order valence-electron chi connectivity index (χ2n) is 8.91. The molecule has 2 N–H and O–H groups in total. The maximum atomic E-state index is 13.0. The fourth-order valence-corrected chi connectivity index (χ4v) is 3.30. The van der Waals surface area contributed by atoms with Crippen LogP contribution in [0.15, 0.2) is 36.5 Å². The molecule has 1 aromatic heterocycles. The Hall–Kier alpha value is -2.83. The third-order valence-electron chi connectivity index (χ3n) is 5.04. The van der Waals surface area contributed by atoms with Gasteiger partial charge in [0.05, 0.1) is 22.5 Å². The van der Waals surface area contributed by atoms with Crippen molar-refractivity contribution in [3.05, 3.63) is 47.8 Å². The van der Waals surface area contributed by atoms with Gasteiger partial charge in [0.1, 0.15) is 5.60 Å². The van der Waals surface area contributed by atoms with E-state index in [0.717, 1.165) is 18.5 Å². The number of aryl methyl sites for hydroxylation is 1. The molecule has 2 amide bonds. The summed E-state index contributed by atoms with van der Waals surface area (Å²) in [6, 6.07) is 9.67. The maximum Gasteiger partial charge on any atom is 0.407 e. The van der Waals surface area contributed by atoms with Gasteiger partial charge in [0.15, 0.2) is 0 Å². The fourth-order valence-electron chi connectivity index (χ4n) is 3.30. The minimum Gasteiger partial charge on any atom is -0.444 e. The van der Waals surface area contributed by atoms with Crippen LogP contribution in [0.3, 0.4) is 0 Å². The summed E-state index contributed by atoms with van der Waals surface area (Å²) in [6.45, 7) is 9.56. The number of para-hydroxylation sites is 1. The molecule has 2 aromatic rings. The van der Waals surface area contributed by atoms with Crippen LogP contribution in [0.5, 0.6) is 0 Å². The molecule has 156 valence electrons. The first-order valence-corrected chi connectivity index (χ1v) is 9.98. The smallest absolute Gasteiger partial charge is 0.407 e. The zero-order valence-corrected chi connectivity index (χ0v) is 17.8. The van der Waals surface area contributed by atoms with Crippen molar-refractivity contribution in [1.29, 1.82) is 0 Å². The van der Waals surface area contributed by atoms with Crippen LogP contribution in [0.2, 0.25) is 0 Å². The van der Waals surface area contributed by atoms with Crippen LogP contribution in [0.25, 0.3) is 5.69 Å². The average Bonchev–Trinajstić information content (AvgIpc) is 3.42. The molecule has 1 aliphatic rings. The van der Waals surface area contributed by atoms with Crippen molar-refractivity contribution in [3.8, 4) is 5.69 Å². The highest BCUT2D eigenvalue weighted by Crippen LogP contribution is 2.39. The predicted octanol–water partition coefficient (Wildman–Crippen LogP) is 3.60. The van der Waals surface area contributed by atoms with Gasteiger partial charge < -0.3 is 15.4 Å². The number of benzene rings is 1. The molecule has 1 aromatic carbocycles. The summed E-state index contributed by atoms with van der Waals surface area (Å²) in [4.78, 5) is 25.1. The topological polar surface area (TPSA) is 85.3 Å². The Labute approximate surface area is 171 Å². The summed E-state index contributed by atoms with van der Waals surface area (Å²) in [5.41, 5.74) is 0.968. The van der Waals surface area contributed by atoms with E-state index >= 15 is 0 Å². The zero-order chi connectivity index (χ0) is 21.2. The van der Waals surface area contributed by atoms with Crippen LogP contribution in [-0.4, -0.2) is 39.5 Å². The Morgan fingerprint density at radius 2 is 1.83 bits per heavy atom. The minimum absolute atomic E-state index is 0.190. The summed E-state index contributed by atoms with van der Waals surface area (Å²) in [7, 11) is 0. The molecule has 29 heavy (non-hydrogen) atoms. The van der Waals surface area contributed by atoms with E-state index in [0.29, 0.717) is 23.7 Å². The summed E-state index contributed by atoms with van der Waals surface area (Å²) >= 11 is 0. The lowest BCUT2D eigenvalue weighted by Crippen LogP contribution is -2.55. The van der Waals surface area contributed by atoms with E-state index in [1.165, 1.54) is 0 Å². The normalized spacial score (nSPS) is 16.0. The summed E-state index contributed by atoms with van der Waals surface area (Å²) in [5.74, 6) is 0.135. The summed E-state index contributed by atoms with van der Waals surface area (Å²) in [6.07, 6.45) is 3.31. The molecule has 1 fully saturated rings. The third-order valence-corrected chi connectivity index (χ3v) is 5.04. The highest BCUT2D eigenvalue weighted by Gasteiger charge is 2.43. The lowest BCUT2D eigenvalue weighted by atomic mass is 9.95. The largest absolute Gasteiger partial charge is 0.444 e. The molecule has 0 saturated heterocycles. The Morgan fingerprint density at radius 3 is 2.41 bits per heavy atom. The minimum atomic E-state index is -0.563. The van der Waals surface area contributed by atoms with Crippen molar-refractivity contribution in [2.45, 2.75) is 58.6 Å². The number of alkyl carbamates (subject to hydrolysis) is 1. The van der Waals surface area contributed by atoms with E-state index in [2.05, 4.69) is 15.7 Å². The number of carbonyl (C=O) groups is 2. The lowest BCUT2D eigenvalue weighted by Gasteiger charge is -2.32. The number of ether oxygens (including phenoxy) is 1. The Kier molecular flexibility index (Phi) is 5.68. The quantitative estimate of drug-likeness (QED) is 0.778. The zero-order valence-electron chi connectivity index (χ0n) is 17.8. The first kappa shape index (κ1) is 20.9. The summed E-state index contributed by atoms with van der Waals surface area (Å²) in [5, 5.41) is 10.4. The van der Waals surface area contributed by atoms with Crippen LogP contribution >= 0.6 is 0 Å². The van der Waals surface area contributed by atoms with Crippen molar-refractivity contribution in [2.75, 3.05) is 6.54 Å². The van der Waals surface area contributed by atoms with Crippen LogP contribution in [0, 0.1) is 12.8 Å². The van der Waals surface area contributed by atoms with Crippen molar-refractivity contribution in [1.82, 2.24) is 20.4 Å². The standard InChI is InChI=1S/C22H30N4O3/c1-15-18(13-26(25-15)17-9-7-6-8-10-17)19(27)24-22(5,16-11-12-16)14-23-20(28)29-21(2,3)4/h6-10,13,16H,11-12,14H2,1-5H3,(H,23,28)(H,24,27). The summed E-state index contributed by atoms with van der Waals surface area (Å²) < 4.78 is 7.02. The number of hydrogen-bond donors (Lipinski definition) is 2. The van der Waals surface area contributed by atoms with E-state index in [1.807, 2.05) is 65.0 Å². The van der Waals surface area contributed by atoms with Gasteiger partial charge in [-0.3, -0.25) is 4.79 Å². The van der Waals surface area contributed by atoms with Gasteiger partial charge in [-0.1, -0.05) is 18.2 Å². The van der Waals surface area contributed by atoms with E-state index in [4.69, 9.17) is 4.74 Å². The van der Waals surface area contributed by atoms with E-state index in [-0.39, 0.29) is 5.91 Å². The van der Waals surface area contributed by atoms with Gasteiger partial charge in [-0.05, 0) is 65.5 Å². The molecule has 1 unspecified atom stereocenters. The van der Waals surface area contributed by atoms with Gasteiger partial charge in [0.2, 0.25) is 0 Å². The number of nitrogens with zero attached hydrogens (tertiary/aromatic N) is 2. The van der Waals surface area contributed by atoms with E-state index < -0.39 is 17.2 Å². The molecule has 3 rings (SSSR count). The number of carbonyl (C=O) groups excluding carboxylic acids is 2. The second kappa shape index (κ2) is 7.89. The Balaban J connectivity index is 1.70. The van der Waals surface area contributed by atoms with Crippen molar-refractivity contribution < 1.29 is 14.3 Å². The number of aromatic nitrogens is 2. The molecule has 1 heterocycles. The lowest BCUT2D eigenvalue weighted by molar-refractivity contribution is 0.0502. The van der Waals surface area contributed by atoms with Crippen molar-refractivity contribution in [2.24, 2.45) is 5.92 Å². The van der Waals surface area contributed by atoms with Crippen molar-refractivity contribution in [3.63, 3.8) is 0 Å². The highest BCUT2D eigenvalue weighted by molar-refractivity contribution is 5.95. The van der Waals surface area contributed by atoms with E-state index in [1.54, 1.807) is 10.9 Å². The number of amides is 2. The average molecular weight is 399 g/mol. The molecule has 0 aliphatic heterocycles. The monoisotopic (exact) mass is 398 g/mol. The second-order valence-corrected chi connectivity index (χ2v) is 8.91. The fraction of sp³-hybridized carbons (Fsp3) is 0.500. The van der Waals surface area contributed by atoms with Gasteiger partial charge in [-0.2, -0.15) is 5.10 Å². The molecule has 7 heteroatoms. The molecule has 1 atom stereocenters. The molecular weight excluding hydrogens is 368 g/mol. The van der Waals surface area contributed by atoms with Gasteiger partial charge in [-0.15, -0.1) is 0 Å². The molecule has 7 nitrogen and oxygen atoms in total. The molecule has 0 radical (unpaired) electrons. The Bertz CT molecular complexity index is 881. The van der Waals surface area contributed by atoms with Gasteiger partial charge in [0.25, 0.3) is 5.91 Å². The third kappa shape index (κ3) is 5.37. The van der Waals surface area contributed by atoms with Crippen LogP contribution in [0.1, 0.15) is 56.6 Å².